The second kappa shape index (κ2) is 7.16. The first-order valence-electron chi connectivity index (χ1n) is 4.45. The van der Waals surface area contributed by atoms with Gasteiger partial charge in [0.25, 0.3) is 0 Å². The van der Waals surface area contributed by atoms with Gasteiger partial charge in [-0.25, -0.2) is 0 Å². The van der Waals surface area contributed by atoms with Crippen molar-refractivity contribution >= 4 is 17.3 Å². The van der Waals surface area contributed by atoms with Crippen LogP contribution >= 0.6 is 11.6 Å². The van der Waals surface area contributed by atoms with Crippen LogP contribution in [0.15, 0.2) is 24.3 Å². The zero-order valence-electron chi connectivity index (χ0n) is 8.37. The molecule has 1 aromatic carbocycles. The Bertz CT molecular complexity index is 286. The highest BCUT2D eigenvalue weighted by Crippen LogP contribution is 2.21. The number of benzene rings is 1. The van der Waals surface area contributed by atoms with Crippen molar-refractivity contribution < 1.29 is 0 Å². The Morgan fingerprint density at radius 2 is 1.93 bits per heavy atom. The lowest BCUT2D eigenvalue weighted by atomic mass is 10.2. The molecule has 0 saturated heterocycles. The Kier molecular flexibility index (Phi) is 6.51. The molecular formula is C10H14ClN3. The summed E-state index contributed by atoms with van der Waals surface area (Å²) in [4.78, 5) is 0. The van der Waals surface area contributed by atoms with Crippen LogP contribution in [0.2, 0.25) is 5.02 Å². The summed E-state index contributed by atoms with van der Waals surface area (Å²) in [5.74, 6) is 0. The molecule has 4 heteroatoms. The lowest BCUT2D eigenvalue weighted by Gasteiger charge is -2.13. The van der Waals surface area contributed by atoms with Gasteiger partial charge in [-0.05, 0) is 25.5 Å². The maximum Gasteiger partial charge on any atom is 0.0637 e. The van der Waals surface area contributed by atoms with Crippen LogP contribution in [0.5, 0.6) is 0 Å². The summed E-state index contributed by atoms with van der Waals surface area (Å²) >= 11 is 5.96. The van der Waals surface area contributed by atoms with Crippen LogP contribution in [0.3, 0.4) is 0 Å². The van der Waals surface area contributed by atoms with Gasteiger partial charge in [-0.1, -0.05) is 30.7 Å². The fourth-order valence-electron chi connectivity index (χ4n) is 0.946. The Morgan fingerprint density at radius 1 is 1.36 bits per heavy atom. The van der Waals surface area contributed by atoms with E-state index in [1.807, 2.05) is 24.3 Å². The van der Waals surface area contributed by atoms with Gasteiger partial charge in [0, 0.05) is 16.8 Å². The number of rotatable bonds is 3. The molecule has 1 rings (SSSR count). The minimum atomic E-state index is 0.477. The van der Waals surface area contributed by atoms with Crippen molar-refractivity contribution in [1.29, 1.82) is 10.8 Å². The van der Waals surface area contributed by atoms with E-state index >= 15 is 0 Å². The molecule has 76 valence electrons. The highest BCUT2D eigenvalue weighted by Gasteiger charge is 2.01. The molecule has 0 aromatic heterocycles. The number of nitrogens with zero attached hydrogens (tertiary/aromatic N) is 2. The first-order chi connectivity index (χ1) is 6.74. The van der Waals surface area contributed by atoms with Crippen molar-refractivity contribution in [2.75, 3.05) is 5.32 Å². The van der Waals surface area contributed by atoms with E-state index in [4.69, 9.17) is 22.4 Å². The SMILES string of the molecule is CCC(C)Nc1ccccc1Cl.N#N. The highest BCUT2D eigenvalue weighted by molar-refractivity contribution is 6.33. The van der Waals surface area contributed by atoms with Gasteiger partial charge in [0.2, 0.25) is 0 Å². The number of para-hydroxylation sites is 1. The predicted molar refractivity (Wildman–Crippen MR) is 58.3 cm³/mol. The van der Waals surface area contributed by atoms with E-state index in [9.17, 15) is 0 Å². The van der Waals surface area contributed by atoms with E-state index in [0.29, 0.717) is 6.04 Å². The van der Waals surface area contributed by atoms with E-state index in [2.05, 4.69) is 19.2 Å². The topological polar surface area (TPSA) is 59.6 Å². The van der Waals surface area contributed by atoms with E-state index < -0.39 is 0 Å². The molecule has 0 amide bonds. The maximum absolute atomic E-state index is 6.00. The van der Waals surface area contributed by atoms with Crippen molar-refractivity contribution in [2.45, 2.75) is 26.3 Å². The Morgan fingerprint density at radius 3 is 2.43 bits per heavy atom. The minimum Gasteiger partial charge on any atom is -0.381 e. The molecule has 0 aliphatic rings. The smallest absolute Gasteiger partial charge is 0.0637 e. The average molecular weight is 212 g/mol. The quantitative estimate of drug-likeness (QED) is 0.778. The van der Waals surface area contributed by atoms with Gasteiger partial charge in [0.15, 0.2) is 0 Å². The molecular weight excluding hydrogens is 198 g/mol. The fraction of sp³-hybridized carbons (Fsp3) is 0.400. The van der Waals surface area contributed by atoms with E-state index in [-0.39, 0.29) is 0 Å². The molecule has 14 heavy (non-hydrogen) atoms. The van der Waals surface area contributed by atoms with Crippen LogP contribution in [-0.2, 0) is 0 Å². The zero-order valence-corrected chi connectivity index (χ0v) is 9.12. The lowest BCUT2D eigenvalue weighted by Crippen LogP contribution is -2.13. The summed E-state index contributed by atoms with van der Waals surface area (Å²) in [5, 5.41) is 16.1. The molecule has 3 nitrogen and oxygen atoms in total. The first kappa shape index (κ1) is 12.7. The Hall–Kier alpha value is -1.27. The summed E-state index contributed by atoms with van der Waals surface area (Å²) in [6.45, 7) is 4.29. The van der Waals surface area contributed by atoms with Crippen LogP contribution in [0.1, 0.15) is 20.3 Å². The molecule has 0 bridgehead atoms. The summed E-state index contributed by atoms with van der Waals surface area (Å²) in [6.07, 6.45) is 1.10. The van der Waals surface area contributed by atoms with Gasteiger partial charge in [0.1, 0.15) is 0 Å². The molecule has 1 aromatic rings. The van der Waals surface area contributed by atoms with Gasteiger partial charge in [0.05, 0.1) is 10.7 Å². The fourth-order valence-corrected chi connectivity index (χ4v) is 1.14. The second-order valence-electron chi connectivity index (χ2n) is 2.93. The zero-order chi connectivity index (χ0) is 11.0. The van der Waals surface area contributed by atoms with Crippen molar-refractivity contribution in [1.82, 2.24) is 0 Å². The van der Waals surface area contributed by atoms with Gasteiger partial charge >= 0.3 is 0 Å². The molecule has 1 unspecified atom stereocenters. The highest BCUT2D eigenvalue weighted by atomic mass is 35.5. The number of hydrogen-bond donors (Lipinski definition) is 1. The van der Waals surface area contributed by atoms with Crippen LogP contribution in [0.25, 0.3) is 0 Å². The molecule has 1 N–H and O–H groups in total. The third kappa shape index (κ3) is 4.11. The van der Waals surface area contributed by atoms with Gasteiger partial charge in [-0.15, -0.1) is 0 Å². The molecule has 0 fully saturated rings. The molecule has 0 radical (unpaired) electrons. The number of nitrogens with one attached hydrogen (secondary N) is 1. The molecule has 0 aliphatic carbocycles. The van der Waals surface area contributed by atoms with Gasteiger partial charge < -0.3 is 5.32 Å². The van der Waals surface area contributed by atoms with Crippen molar-refractivity contribution in [3.8, 4) is 0 Å². The molecule has 0 heterocycles. The van der Waals surface area contributed by atoms with E-state index in [1.165, 1.54) is 0 Å². The molecule has 0 spiro atoms. The Labute approximate surface area is 89.5 Å². The van der Waals surface area contributed by atoms with Crippen LogP contribution in [0, 0.1) is 10.8 Å². The Balaban J connectivity index is 0.000000791. The summed E-state index contributed by atoms with van der Waals surface area (Å²) in [7, 11) is 0. The normalized spacial score (nSPS) is 10.9. The van der Waals surface area contributed by atoms with Gasteiger partial charge in [-0.2, -0.15) is 0 Å². The largest absolute Gasteiger partial charge is 0.381 e. The third-order valence-electron chi connectivity index (χ3n) is 1.89. The number of hydrogen-bond acceptors (Lipinski definition) is 3. The predicted octanol–water partition coefficient (Wildman–Crippen LogP) is 3.58. The second-order valence-corrected chi connectivity index (χ2v) is 3.34. The van der Waals surface area contributed by atoms with Gasteiger partial charge in [-0.3, -0.25) is 0 Å². The maximum atomic E-state index is 6.00. The summed E-state index contributed by atoms with van der Waals surface area (Å²) < 4.78 is 0. The average Bonchev–Trinajstić information content (AvgIpc) is 2.24. The van der Waals surface area contributed by atoms with Crippen molar-refractivity contribution in [3.05, 3.63) is 29.3 Å². The standard InChI is InChI=1S/C10H14ClN.N2/c1-3-8(2)12-10-7-5-4-6-9(10)11;1-2/h4-8,12H,3H2,1-2H3;. The van der Waals surface area contributed by atoms with E-state index in [0.717, 1.165) is 17.1 Å². The van der Waals surface area contributed by atoms with Crippen LogP contribution in [-0.4, -0.2) is 6.04 Å². The third-order valence-corrected chi connectivity index (χ3v) is 2.22. The van der Waals surface area contributed by atoms with Crippen LogP contribution in [0.4, 0.5) is 5.69 Å². The molecule has 0 saturated carbocycles. The first-order valence-corrected chi connectivity index (χ1v) is 4.83. The summed E-state index contributed by atoms with van der Waals surface area (Å²) in [6, 6.07) is 8.28. The van der Waals surface area contributed by atoms with Crippen molar-refractivity contribution in [3.63, 3.8) is 0 Å². The van der Waals surface area contributed by atoms with Crippen LogP contribution < -0.4 is 5.32 Å². The summed E-state index contributed by atoms with van der Waals surface area (Å²) in [5.41, 5.74) is 1.02. The molecule has 0 aliphatic heterocycles. The molecule has 1 atom stereocenters. The monoisotopic (exact) mass is 211 g/mol. The number of anilines is 1. The minimum absolute atomic E-state index is 0.477. The number of halogens is 1. The van der Waals surface area contributed by atoms with Crippen molar-refractivity contribution in [2.24, 2.45) is 0 Å². The van der Waals surface area contributed by atoms with E-state index in [1.54, 1.807) is 0 Å². The lowest BCUT2D eigenvalue weighted by molar-refractivity contribution is 0.764.